The minimum Gasteiger partial charge on any atom is -0.491 e. The Hall–Kier alpha value is -2.54. The van der Waals surface area contributed by atoms with Crippen molar-refractivity contribution in [3.63, 3.8) is 0 Å². The third-order valence-corrected chi connectivity index (χ3v) is 4.93. The lowest BCUT2D eigenvalue weighted by atomic mass is 10.0. The number of aromatic nitrogens is 2. The van der Waals surface area contributed by atoms with Crippen LogP contribution >= 0.6 is 0 Å². The van der Waals surface area contributed by atoms with Gasteiger partial charge in [0.2, 0.25) is 0 Å². The number of aryl methyl sites for hydroxylation is 1. The average Bonchev–Trinajstić information content (AvgIpc) is 3.04. The molecule has 146 valence electrons. The van der Waals surface area contributed by atoms with Crippen LogP contribution in [0.5, 0.6) is 5.75 Å². The van der Waals surface area contributed by atoms with Gasteiger partial charge in [-0.15, -0.1) is 0 Å². The predicted molar refractivity (Wildman–Crippen MR) is 110 cm³/mol. The molecule has 3 N–H and O–H groups in total. The molecule has 0 spiro atoms. The number of nitrogens with two attached hydrogens (primary N) is 1. The molecule has 1 aromatic carbocycles. The molecule has 1 fully saturated rings. The first kappa shape index (κ1) is 19.2. The number of hydrogen-bond donors (Lipinski definition) is 2. The van der Waals surface area contributed by atoms with E-state index in [9.17, 15) is 0 Å². The van der Waals surface area contributed by atoms with Crippen LogP contribution in [-0.2, 0) is 7.05 Å². The third-order valence-electron chi connectivity index (χ3n) is 4.93. The van der Waals surface area contributed by atoms with Crippen molar-refractivity contribution in [3.8, 4) is 5.75 Å². The summed E-state index contributed by atoms with van der Waals surface area (Å²) in [4.78, 5) is 4.72. The highest BCUT2D eigenvalue weighted by Crippen LogP contribution is 2.25. The van der Waals surface area contributed by atoms with Gasteiger partial charge in [0.1, 0.15) is 5.75 Å². The van der Waals surface area contributed by atoms with Crippen LogP contribution in [-0.4, -0.2) is 59.2 Å². The van der Waals surface area contributed by atoms with E-state index in [1.807, 2.05) is 39.1 Å². The van der Waals surface area contributed by atoms with Gasteiger partial charge in [0.15, 0.2) is 5.82 Å². The van der Waals surface area contributed by atoms with Crippen molar-refractivity contribution in [2.24, 2.45) is 7.05 Å². The molecule has 2 heterocycles. The second kappa shape index (κ2) is 8.00. The molecule has 2 aromatic rings. The van der Waals surface area contributed by atoms with E-state index in [1.54, 1.807) is 10.7 Å². The number of likely N-dealkylation sites (N-methyl/N-ethyl adjacent to an activating group) is 1. The number of benzene rings is 1. The molecule has 7 heteroatoms. The molecule has 1 aliphatic rings. The lowest BCUT2D eigenvalue weighted by molar-refractivity contribution is 0.242. The number of rotatable bonds is 6. The number of anilines is 2. The van der Waals surface area contributed by atoms with Gasteiger partial charge in [-0.1, -0.05) is 6.92 Å². The van der Waals surface area contributed by atoms with Crippen LogP contribution < -0.4 is 15.4 Å². The molecule has 0 bridgehead atoms. The summed E-state index contributed by atoms with van der Waals surface area (Å²) >= 11 is 0. The van der Waals surface area contributed by atoms with E-state index in [0.29, 0.717) is 17.0 Å². The summed E-state index contributed by atoms with van der Waals surface area (Å²) in [5.41, 5.74) is 8.48. The first-order valence-corrected chi connectivity index (χ1v) is 9.55. The number of nitrogen functional groups attached to an aromatic ring is 1. The fourth-order valence-electron chi connectivity index (χ4n) is 3.37. The van der Waals surface area contributed by atoms with Crippen LogP contribution in [0.2, 0.25) is 0 Å². The Morgan fingerprint density at radius 2 is 1.93 bits per heavy atom. The molecule has 0 radical (unpaired) electrons. The molecule has 0 aliphatic carbocycles. The van der Waals surface area contributed by atoms with Crippen LogP contribution in [0.15, 0.2) is 24.3 Å². The smallest absolute Gasteiger partial charge is 0.151 e. The Kier molecular flexibility index (Phi) is 5.70. The maximum absolute atomic E-state index is 8.70. The van der Waals surface area contributed by atoms with Crippen LogP contribution in [0.25, 0.3) is 0 Å². The third kappa shape index (κ3) is 4.24. The molecule has 27 heavy (non-hydrogen) atoms. The van der Waals surface area contributed by atoms with Crippen molar-refractivity contribution in [2.75, 3.05) is 43.4 Å². The molecule has 3 rings (SSSR count). The molecule has 1 saturated heterocycles. The van der Waals surface area contributed by atoms with Gasteiger partial charge in [-0.25, -0.2) is 0 Å². The van der Waals surface area contributed by atoms with E-state index in [2.05, 4.69) is 21.8 Å². The molecule has 0 saturated carbocycles. The zero-order valence-electron chi connectivity index (χ0n) is 16.7. The first-order valence-electron chi connectivity index (χ1n) is 9.55. The van der Waals surface area contributed by atoms with Crippen molar-refractivity contribution in [1.29, 1.82) is 5.41 Å². The van der Waals surface area contributed by atoms with E-state index < -0.39 is 0 Å². The number of nitrogens with one attached hydrogen (secondary N) is 1. The van der Waals surface area contributed by atoms with Gasteiger partial charge in [0.05, 0.1) is 17.5 Å². The van der Waals surface area contributed by atoms with Gasteiger partial charge in [-0.3, -0.25) is 10.1 Å². The topological polar surface area (TPSA) is 83.4 Å². The van der Waals surface area contributed by atoms with Gasteiger partial charge in [0, 0.05) is 50.5 Å². The molecular weight excluding hydrogens is 340 g/mol. The van der Waals surface area contributed by atoms with E-state index in [-0.39, 0.29) is 6.10 Å². The number of hydrogen-bond acceptors (Lipinski definition) is 6. The van der Waals surface area contributed by atoms with Crippen molar-refractivity contribution < 1.29 is 4.74 Å². The molecule has 0 atom stereocenters. The molecule has 0 unspecified atom stereocenters. The molecule has 7 nitrogen and oxygen atoms in total. The van der Waals surface area contributed by atoms with E-state index in [1.165, 1.54) is 0 Å². The molecule has 1 aliphatic heterocycles. The standard InChI is InChI=1S/C20H30N6O/c1-5-25-8-10-26(11-9-25)19-13-18(24(4)23-19)20(22)16-12-15(27-14(2)3)6-7-17(16)21/h6-7,12-14,22H,5,8-11,21H2,1-4H3. The van der Waals surface area contributed by atoms with Crippen molar-refractivity contribution in [2.45, 2.75) is 26.9 Å². The Morgan fingerprint density at radius 3 is 2.56 bits per heavy atom. The summed E-state index contributed by atoms with van der Waals surface area (Å²) in [6, 6.07) is 7.46. The maximum Gasteiger partial charge on any atom is 0.151 e. The predicted octanol–water partition coefficient (Wildman–Crippen LogP) is 2.35. The largest absolute Gasteiger partial charge is 0.491 e. The summed E-state index contributed by atoms with van der Waals surface area (Å²) in [6.45, 7) is 11.2. The highest BCUT2D eigenvalue weighted by molar-refractivity contribution is 6.13. The van der Waals surface area contributed by atoms with E-state index in [0.717, 1.165) is 50.0 Å². The second-order valence-corrected chi connectivity index (χ2v) is 7.22. The van der Waals surface area contributed by atoms with Gasteiger partial charge in [-0.05, 0) is 38.6 Å². The van der Waals surface area contributed by atoms with Crippen molar-refractivity contribution >= 4 is 17.2 Å². The van der Waals surface area contributed by atoms with Crippen LogP contribution in [0, 0.1) is 5.41 Å². The zero-order valence-corrected chi connectivity index (χ0v) is 16.7. The van der Waals surface area contributed by atoms with E-state index in [4.69, 9.17) is 15.9 Å². The van der Waals surface area contributed by atoms with Crippen LogP contribution in [0.4, 0.5) is 11.5 Å². The maximum atomic E-state index is 8.70. The Balaban J connectivity index is 1.83. The summed E-state index contributed by atoms with van der Waals surface area (Å²) in [6.07, 6.45) is 0.0701. The molecule has 0 amide bonds. The van der Waals surface area contributed by atoms with Crippen LogP contribution in [0.1, 0.15) is 32.0 Å². The van der Waals surface area contributed by atoms with Gasteiger partial charge in [0.25, 0.3) is 0 Å². The van der Waals surface area contributed by atoms with Gasteiger partial charge in [-0.2, -0.15) is 5.10 Å². The summed E-state index contributed by atoms with van der Waals surface area (Å²) in [5.74, 6) is 1.64. The fourth-order valence-corrected chi connectivity index (χ4v) is 3.37. The molecule has 1 aromatic heterocycles. The average molecular weight is 371 g/mol. The van der Waals surface area contributed by atoms with Crippen molar-refractivity contribution in [1.82, 2.24) is 14.7 Å². The minimum atomic E-state index is 0.0701. The summed E-state index contributed by atoms with van der Waals surface area (Å²) in [7, 11) is 1.88. The van der Waals surface area contributed by atoms with E-state index >= 15 is 0 Å². The second-order valence-electron chi connectivity index (χ2n) is 7.22. The van der Waals surface area contributed by atoms with Gasteiger partial charge >= 0.3 is 0 Å². The lowest BCUT2D eigenvalue weighted by Gasteiger charge is -2.34. The number of piperazine rings is 1. The highest BCUT2D eigenvalue weighted by Gasteiger charge is 2.21. The summed E-state index contributed by atoms with van der Waals surface area (Å²) in [5, 5.41) is 13.3. The molecular formula is C20H30N6O. The summed E-state index contributed by atoms with van der Waals surface area (Å²) < 4.78 is 7.52. The van der Waals surface area contributed by atoms with Gasteiger partial charge < -0.3 is 20.3 Å². The number of nitrogens with zero attached hydrogens (tertiary/aromatic N) is 4. The van der Waals surface area contributed by atoms with Crippen molar-refractivity contribution in [3.05, 3.63) is 35.5 Å². The Morgan fingerprint density at radius 1 is 1.22 bits per heavy atom. The fraction of sp³-hybridized carbons (Fsp3) is 0.500. The lowest BCUT2D eigenvalue weighted by Crippen LogP contribution is -2.46. The normalized spacial score (nSPS) is 15.4. The highest BCUT2D eigenvalue weighted by atomic mass is 16.5. The van der Waals surface area contributed by atoms with Crippen LogP contribution in [0.3, 0.4) is 0 Å². The number of ether oxygens (including phenoxy) is 1. The monoisotopic (exact) mass is 370 g/mol. The first-order chi connectivity index (χ1) is 12.9. The zero-order chi connectivity index (χ0) is 19.6. The SMILES string of the molecule is CCN1CCN(c2cc(C(=N)c3cc(OC(C)C)ccc3N)n(C)n2)CC1. The minimum absolute atomic E-state index is 0.0701. The Labute approximate surface area is 161 Å². The quantitative estimate of drug-likeness (QED) is 0.602. The Bertz CT molecular complexity index is 805.